The molecule has 1 heterocycles. The first kappa shape index (κ1) is 14.2. The molecule has 7 heteroatoms. The zero-order chi connectivity index (χ0) is 12.3. The predicted octanol–water partition coefficient (Wildman–Crippen LogP) is 3.15. The Hall–Kier alpha value is 0.120. The Morgan fingerprint density at radius 1 is 1.38 bits per heavy atom. The minimum atomic E-state index is 0.711. The first-order valence-corrected chi connectivity index (χ1v) is 7.07. The summed E-state index contributed by atoms with van der Waals surface area (Å²) in [5.74, 6) is 1.02. The molecule has 0 amide bonds. The largest absolute Gasteiger partial charge is 0.367 e. The van der Waals surface area contributed by atoms with Crippen molar-refractivity contribution in [1.29, 1.82) is 0 Å². The number of nitrogens with zero attached hydrogens (tertiary/aromatic N) is 4. The molecule has 1 aromatic heterocycles. The molecule has 90 valence electrons. The molecule has 0 saturated heterocycles. The lowest BCUT2D eigenvalue weighted by molar-refractivity contribution is 0.586. The molecule has 1 aromatic rings. The Labute approximate surface area is 120 Å². The van der Waals surface area contributed by atoms with E-state index in [-0.39, 0.29) is 0 Å². The Morgan fingerprint density at radius 3 is 2.44 bits per heavy atom. The SMILES string of the molecule is CC(=NCCn1nc(Br)c(Br)c1Br)N(C)C. The van der Waals surface area contributed by atoms with Gasteiger partial charge in [-0.1, -0.05) is 0 Å². The van der Waals surface area contributed by atoms with Gasteiger partial charge in [0, 0.05) is 14.1 Å². The van der Waals surface area contributed by atoms with Crippen LogP contribution in [-0.2, 0) is 6.54 Å². The minimum Gasteiger partial charge on any atom is -0.367 e. The molecule has 0 atom stereocenters. The summed E-state index contributed by atoms with van der Waals surface area (Å²) in [4.78, 5) is 6.42. The molecule has 0 saturated carbocycles. The molecular formula is C9H13Br3N4. The molecule has 0 unspecified atom stereocenters. The van der Waals surface area contributed by atoms with Crippen LogP contribution in [0.25, 0.3) is 0 Å². The Bertz CT molecular complexity index is 398. The summed E-state index contributed by atoms with van der Waals surface area (Å²) in [5.41, 5.74) is 0. The van der Waals surface area contributed by atoms with E-state index in [1.165, 1.54) is 0 Å². The lowest BCUT2D eigenvalue weighted by Gasteiger charge is -2.11. The second kappa shape index (κ2) is 6.16. The summed E-state index contributed by atoms with van der Waals surface area (Å²) in [5, 5.41) is 4.31. The van der Waals surface area contributed by atoms with E-state index in [0.29, 0.717) is 6.54 Å². The highest BCUT2D eigenvalue weighted by atomic mass is 79.9. The average Bonchev–Trinajstić information content (AvgIpc) is 2.46. The van der Waals surface area contributed by atoms with Gasteiger partial charge in [-0.3, -0.25) is 9.67 Å². The van der Waals surface area contributed by atoms with E-state index in [1.54, 1.807) is 0 Å². The van der Waals surface area contributed by atoms with Crippen molar-refractivity contribution in [2.75, 3.05) is 20.6 Å². The van der Waals surface area contributed by atoms with Gasteiger partial charge in [-0.05, 0) is 54.7 Å². The predicted molar refractivity (Wildman–Crippen MR) is 77.0 cm³/mol. The summed E-state index contributed by atoms with van der Waals surface area (Å²) < 4.78 is 4.52. The third-order valence-corrected chi connectivity index (χ3v) is 5.27. The van der Waals surface area contributed by atoms with Gasteiger partial charge < -0.3 is 4.90 Å². The highest BCUT2D eigenvalue weighted by Crippen LogP contribution is 2.30. The molecule has 0 radical (unpaired) electrons. The van der Waals surface area contributed by atoms with Gasteiger partial charge >= 0.3 is 0 Å². The third-order valence-electron chi connectivity index (χ3n) is 2.10. The van der Waals surface area contributed by atoms with Crippen molar-refractivity contribution >= 4 is 53.6 Å². The fourth-order valence-electron chi connectivity index (χ4n) is 0.988. The first-order chi connectivity index (χ1) is 7.43. The summed E-state index contributed by atoms with van der Waals surface area (Å²) in [6.45, 7) is 3.45. The van der Waals surface area contributed by atoms with Gasteiger partial charge in [0.1, 0.15) is 9.21 Å². The molecule has 0 fully saturated rings. The minimum absolute atomic E-state index is 0.711. The fourth-order valence-corrected chi connectivity index (χ4v) is 2.36. The highest BCUT2D eigenvalue weighted by molar-refractivity contribution is 9.14. The third kappa shape index (κ3) is 3.56. The van der Waals surface area contributed by atoms with Crippen LogP contribution in [0.1, 0.15) is 6.92 Å². The van der Waals surface area contributed by atoms with Crippen molar-refractivity contribution in [3.63, 3.8) is 0 Å². The van der Waals surface area contributed by atoms with Gasteiger partial charge in [0.25, 0.3) is 0 Å². The van der Waals surface area contributed by atoms with Gasteiger partial charge in [-0.2, -0.15) is 5.10 Å². The maximum atomic E-state index is 4.43. The zero-order valence-corrected chi connectivity index (χ0v) is 14.1. The number of amidine groups is 1. The van der Waals surface area contributed by atoms with Crippen LogP contribution in [0.5, 0.6) is 0 Å². The van der Waals surface area contributed by atoms with Crippen LogP contribution in [0.2, 0.25) is 0 Å². The maximum Gasteiger partial charge on any atom is 0.143 e. The van der Waals surface area contributed by atoms with E-state index in [2.05, 4.69) is 57.9 Å². The summed E-state index contributed by atoms with van der Waals surface area (Å²) in [7, 11) is 3.96. The summed E-state index contributed by atoms with van der Waals surface area (Å²) in [6.07, 6.45) is 0. The number of hydrogen-bond donors (Lipinski definition) is 0. The summed E-state index contributed by atoms with van der Waals surface area (Å²) >= 11 is 10.2. The van der Waals surface area contributed by atoms with Crippen molar-refractivity contribution in [1.82, 2.24) is 14.7 Å². The molecule has 1 rings (SSSR count). The quantitative estimate of drug-likeness (QED) is 0.560. The van der Waals surface area contributed by atoms with Gasteiger partial charge in [0.15, 0.2) is 0 Å². The molecule has 0 aliphatic rings. The Balaban J connectivity index is 2.62. The lowest BCUT2D eigenvalue weighted by Crippen LogP contribution is -2.19. The Kier molecular flexibility index (Phi) is 5.46. The molecule has 0 aliphatic heterocycles. The second-order valence-corrected chi connectivity index (χ2v) is 5.74. The van der Waals surface area contributed by atoms with Crippen molar-refractivity contribution in [2.24, 2.45) is 4.99 Å². The van der Waals surface area contributed by atoms with E-state index in [9.17, 15) is 0 Å². The molecule has 0 aliphatic carbocycles. The van der Waals surface area contributed by atoms with Crippen LogP contribution >= 0.6 is 47.8 Å². The molecule has 4 nitrogen and oxygen atoms in total. The van der Waals surface area contributed by atoms with E-state index >= 15 is 0 Å². The molecular weight excluding hydrogens is 404 g/mol. The molecule has 0 spiro atoms. The van der Waals surface area contributed by atoms with Crippen LogP contribution in [0.4, 0.5) is 0 Å². The van der Waals surface area contributed by atoms with Gasteiger partial charge in [-0.25, -0.2) is 0 Å². The smallest absolute Gasteiger partial charge is 0.143 e. The van der Waals surface area contributed by atoms with E-state index in [4.69, 9.17) is 0 Å². The van der Waals surface area contributed by atoms with E-state index < -0.39 is 0 Å². The van der Waals surface area contributed by atoms with Crippen LogP contribution in [-0.4, -0.2) is 41.2 Å². The second-order valence-electron chi connectivity index (χ2n) is 3.44. The van der Waals surface area contributed by atoms with Crippen molar-refractivity contribution in [3.05, 3.63) is 13.7 Å². The van der Waals surface area contributed by atoms with Crippen LogP contribution in [0.3, 0.4) is 0 Å². The average molecular weight is 417 g/mol. The number of halogens is 3. The topological polar surface area (TPSA) is 33.4 Å². The molecule has 16 heavy (non-hydrogen) atoms. The van der Waals surface area contributed by atoms with Crippen molar-refractivity contribution in [3.8, 4) is 0 Å². The van der Waals surface area contributed by atoms with Crippen molar-refractivity contribution in [2.45, 2.75) is 13.5 Å². The fraction of sp³-hybridized carbons (Fsp3) is 0.556. The highest BCUT2D eigenvalue weighted by Gasteiger charge is 2.10. The molecule has 0 aromatic carbocycles. The lowest BCUT2D eigenvalue weighted by atomic mass is 10.5. The maximum absolute atomic E-state index is 4.43. The Morgan fingerprint density at radius 2 is 2.00 bits per heavy atom. The standard InChI is InChI=1S/C9H13Br3N4/c1-6(15(2)3)13-4-5-16-9(12)7(10)8(11)14-16/h4-5H2,1-3H3. The monoisotopic (exact) mass is 414 g/mol. The zero-order valence-electron chi connectivity index (χ0n) is 9.34. The van der Waals surface area contributed by atoms with Crippen LogP contribution in [0.15, 0.2) is 18.7 Å². The van der Waals surface area contributed by atoms with Gasteiger partial charge in [-0.15, -0.1) is 0 Å². The molecule has 0 bridgehead atoms. The molecule has 0 N–H and O–H groups in total. The number of rotatable bonds is 3. The first-order valence-electron chi connectivity index (χ1n) is 4.69. The van der Waals surface area contributed by atoms with Gasteiger partial charge in [0.2, 0.25) is 0 Å². The number of aromatic nitrogens is 2. The van der Waals surface area contributed by atoms with E-state index in [1.807, 2.05) is 30.6 Å². The van der Waals surface area contributed by atoms with E-state index in [0.717, 1.165) is 26.1 Å². The number of hydrogen-bond acceptors (Lipinski definition) is 2. The van der Waals surface area contributed by atoms with Gasteiger partial charge in [0.05, 0.1) is 23.4 Å². The summed E-state index contributed by atoms with van der Waals surface area (Å²) in [6, 6.07) is 0. The number of aliphatic imine (C=N–C) groups is 1. The normalized spacial score (nSPS) is 12.0. The van der Waals surface area contributed by atoms with Crippen LogP contribution in [0, 0.1) is 0 Å². The van der Waals surface area contributed by atoms with Crippen LogP contribution < -0.4 is 0 Å². The van der Waals surface area contributed by atoms with Crippen molar-refractivity contribution < 1.29 is 0 Å².